The van der Waals surface area contributed by atoms with Gasteiger partial charge in [0.05, 0.1) is 5.60 Å². The molecule has 0 aliphatic carbocycles. The zero-order chi connectivity index (χ0) is 16.5. The quantitative estimate of drug-likeness (QED) is 0.863. The molecular weight excluding hydrogens is 268 g/mol. The Morgan fingerprint density at radius 2 is 1.52 bits per heavy atom. The Balaban J connectivity index is 3.09. The lowest BCUT2D eigenvalue weighted by Gasteiger charge is -2.37. The Labute approximate surface area is 127 Å². The number of hydrogen-bond acceptors (Lipinski definition) is 4. The Hall–Kier alpha value is -1.55. The first-order chi connectivity index (χ1) is 9.33. The number of ether oxygens (including phenoxy) is 2. The number of benzene rings is 1. The third-order valence-electron chi connectivity index (χ3n) is 3.34. The van der Waals surface area contributed by atoms with Crippen molar-refractivity contribution < 1.29 is 19.4 Å². The van der Waals surface area contributed by atoms with Gasteiger partial charge in [-0.25, -0.2) is 4.79 Å². The van der Waals surface area contributed by atoms with E-state index < -0.39 is 22.8 Å². The number of aliphatic hydroxyl groups is 1. The summed E-state index contributed by atoms with van der Waals surface area (Å²) in [5.41, 5.74) is -2.14. The molecule has 0 aliphatic rings. The van der Waals surface area contributed by atoms with Gasteiger partial charge in [0.15, 0.2) is 0 Å². The minimum atomic E-state index is -1.06. The number of para-hydroxylation sites is 1. The third kappa shape index (κ3) is 4.74. The maximum absolute atomic E-state index is 12.3. The average molecular weight is 294 g/mol. The maximum Gasteiger partial charge on any atom is 0.342 e. The lowest BCUT2D eigenvalue weighted by molar-refractivity contribution is -0.0911. The molecule has 0 saturated carbocycles. The molecule has 0 spiro atoms. The molecule has 118 valence electrons. The first-order valence-electron chi connectivity index (χ1n) is 7.07. The Morgan fingerprint density at radius 3 is 2.00 bits per heavy atom. The second-order valence-corrected chi connectivity index (χ2v) is 7.17. The molecule has 0 heterocycles. The molecule has 0 aromatic heterocycles. The van der Waals surface area contributed by atoms with Crippen LogP contribution in [0.2, 0.25) is 0 Å². The van der Waals surface area contributed by atoms with Crippen molar-refractivity contribution >= 4 is 5.97 Å². The topological polar surface area (TPSA) is 55.8 Å². The number of hydrogen-bond donors (Lipinski definition) is 1. The van der Waals surface area contributed by atoms with Gasteiger partial charge in [-0.1, -0.05) is 12.1 Å². The first-order valence-corrected chi connectivity index (χ1v) is 7.07. The fourth-order valence-corrected chi connectivity index (χ4v) is 1.46. The molecule has 1 aromatic rings. The van der Waals surface area contributed by atoms with E-state index in [-0.39, 0.29) is 0 Å². The fourth-order valence-electron chi connectivity index (χ4n) is 1.46. The van der Waals surface area contributed by atoms with Gasteiger partial charge in [0.2, 0.25) is 0 Å². The van der Waals surface area contributed by atoms with Crippen LogP contribution in [0.15, 0.2) is 24.3 Å². The molecule has 0 aliphatic heterocycles. The summed E-state index contributed by atoms with van der Waals surface area (Å²) in [6, 6.07) is 6.89. The van der Waals surface area contributed by atoms with E-state index in [2.05, 4.69) is 0 Å². The molecule has 4 heteroatoms. The predicted molar refractivity (Wildman–Crippen MR) is 82.6 cm³/mol. The molecule has 0 fully saturated rings. The van der Waals surface area contributed by atoms with Crippen molar-refractivity contribution in [1.29, 1.82) is 0 Å². The number of carbonyl (C=O) groups is 1. The predicted octanol–water partition coefficient (Wildman–Crippen LogP) is 3.57. The monoisotopic (exact) mass is 294 g/mol. The summed E-state index contributed by atoms with van der Waals surface area (Å²) in [6.45, 7) is 12.3. The number of carbonyl (C=O) groups excluding carboxylic acids is 1. The van der Waals surface area contributed by atoms with Crippen molar-refractivity contribution in [3.8, 4) is 5.75 Å². The molecular formula is C17H26O4. The van der Waals surface area contributed by atoms with E-state index in [0.717, 1.165) is 0 Å². The van der Waals surface area contributed by atoms with Gasteiger partial charge in [0, 0.05) is 0 Å². The summed E-state index contributed by atoms with van der Waals surface area (Å²) in [6.07, 6.45) is 0. The summed E-state index contributed by atoms with van der Waals surface area (Å²) in [5.74, 6) is -0.0384. The Morgan fingerprint density at radius 1 is 1.00 bits per heavy atom. The van der Waals surface area contributed by atoms with Crippen molar-refractivity contribution in [2.75, 3.05) is 0 Å². The minimum absolute atomic E-state index is 0.352. The summed E-state index contributed by atoms with van der Waals surface area (Å²) in [4.78, 5) is 12.3. The standard InChI is InChI=1S/C17H26O4/c1-15(2,3)21-14(18)12-10-8-9-11-13(12)20-17(6,7)16(4,5)19/h8-11,19H,1-7H3. The normalized spacial score (nSPS) is 13.0. The largest absolute Gasteiger partial charge is 0.484 e. The fraction of sp³-hybridized carbons (Fsp3) is 0.588. The first kappa shape index (κ1) is 17.5. The van der Waals surface area contributed by atoms with E-state index >= 15 is 0 Å². The van der Waals surface area contributed by atoms with Gasteiger partial charge in [-0.2, -0.15) is 0 Å². The lowest BCUT2D eigenvalue weighted by Crippen LogP contribution is -2.49. The summed E-state index contributed by atoms with van der Waals surface area (Å²) in [5, 5.41) is 10.2. The third-order valence-corrected chi connectivity index (χ3v) is 3.34. The summed E-state index contributed by atoms with van der Waals surface area (Å²) >= 11 is 0. The van der Waals surface area contributed by atoms with Crippen LogP contribution in [-0.4, -0.2) is 27.9 Å². The van der Waals surface area contributed by atoms with Crippen LogP contribution in [0.3, 0.4) is 0 Å². The maximum atomic E-state index is 12.3. The highest BCUT2D eigenvalue weighted by Gasteiger charge is 2.38. The van der Waals surface area contributed by atoms with E-state index in [1.807, 2.05) is 20.8 Å². The summed E-state index contributed by atoms with van der Waals surface area (Å²) in [7, 11) is 0. The zero-order valence-corrected chi connectivity index (χ0v) is 14.0. The van der Waals surface area contributed by atoms with E-state index in [9.17, 15) is 9.90 Å². The van der Waals surface area contributed by atoms with Crippen molar-refractivity contribution in [3.05, 3.63) is 29.8 Å². The van der Waals surface area contributed by atoms with Gasteiger partial charge in [-0.05, 0) is 60.6 Å². The van der Waals surface area contributed by atoms with Gasteiger partial charge in [-0.15, -0.1) is 0 Å². The van der Waals surface area contributed by atoms with Gasteiger partial charge in [0.1, 0.15) is 22.5 Å². The van der Waals surface area contributed by atoms with Crippen LogP contribution in [0.4, 0.5) is 0 Å². The van der Waals surface area contributed by atoms with Gasteiger partial charge >= 0.3 is 5.97 Å². The molecule has 0 saturated heterocycles. The van der Waals surface area contributed by atoms with Crippen molar-refractivity contribution in [3.63, 3.8) is 0 Å². The van der Waals surface area contributed by atoms with Crippen molar-refractivity contribution in [1.82, 2.24) is 0 Å². The Kier molecular flexibility index (Phi) is 4.73. The minimum Gasteiger partial charge on any atom is -0.484 e. The molecule has 0 bridgehead atoms. The molecule has 1 rings (SSSR count). The van der Waals surface area contributed by atoms with Crippen LogP contribution in [0.5, 0.6) is 5.75 Å². The van der Waals surface area contributed by atoms with Crippen LogP contribution in [-0.2, 0) is 4.74 Å². The van der Waals surface area contributed by atoms with E-state index in [1.54, 1.807) is 52.0 Å². The second kappa shape index (κ2) is 5.68. The highest BCUT2D eigenvalue weighted by Crippen LogP contribution is 2.30. The van der Waals surface area contributed by atoms with Crippen LogP contribution in [0, 0.1) is 0 Å². The highest BCUT2D eigenvalue weighted by atomic mass is 16.6. The number of esters is 1. The van der Waals surface area contributed by atoms with Gasteiger partial charge in [0.25, 0.3) is 0 Å². The smallest absolute Gasteiger partial charge is 0.342 e. The number of rotatable bonds is 4. The molecule has 0 unspecified atom stereocenters. The average Bonchev–Trinajstić information content (AvgIpc) is 2.25. The van der Waals surface area contributed by atoms with Crippen LogP contribution < -0.4 is 4.74 Å². The molecule has 0 amide bonds. The van der Waals surface area contributed by atoms with Crippen LogP contribution >= 0.6 is 0 Å². The van der Waals surface area contributed by atoms with Gasteiger partial charge < -0.3 is 14.6 Å². The zero-order valence-electron chi connectivity index (χ0n) is 14.0. The molecule has 0 radical (unpaired) electrons. The second-order valence-electron chi connectivity index (χ2n) is 7.17. The van der Waals surface area contributed by atoms with E-state index in [1.165, 1.54) is 0 Å². The molecule has 0 atom stereocenters. The molecule has 4 nitrogen and oxygen atoms in total. The van der Waals surface area contributed by atoms with E-state index in [4.69, 9.17) is 9.47 Å². The highest BCUT2D eigenvalue weighted by molar-refractivity contribution is 5.92. The summed E-state index contributed by atoms with van der Waals surface area (Å²) < 4.78 is 11.3. The van der Waals surface area contributed by atoms with Crippen molar-refractivity contribution in [2.24, 2.45) is 0 Å². The lowest BCUT2D eigenvalue weighted by atomic mass is 9.89. The van der Waals surface area contributed by atoms with Crippen LogP contribution in [0.1, 0.15) is 58.8 Å². The molecule has 21 heavy (non-hydrogen) atoms. The van der Waals surface area contributed by atoms with Crippen molar-refractivity contribution in [2.45, 2.75) is 65.3 Å². The SMILES string of the molecule is CC(C)(C)OC(=O)c1ccccc1OC(C)(C)C(C)(C)O. The molecule has 1 N–H and O–H groups in total. The molecule has 1 aromatic carbocycles. The Bertz CT molecular complexity index is 504. The van der Waals surface area contributed by atoms with E-state index in [0.29, 0.717) is 11.3 Å². The van der Waals surface area contributed by atoms with Gasteiger partial charge in [-0.3, -0.25) is 0 Å². The van der Waals surface area contributed by atoms with Crippen LogP contribution in [0.25, 0.3) is 0 Å².